The summed E-state index contributed by atoms with van der Waals surface area (Å²) >= 11 is 0. The number of carbonyl (C=O) groups is 1. The molecule has 1 aliphatic rings. The minimum atomic E-state index is -0.906. The lowest BCUT2D eigenvalue weighted by atomic mass is 10.3. The maximum atomic E-state index is 10.3. The summed E-state index contributed by atoms with van der Waals surface area (Å²) in [5.41, 5.74) is 5.36. The zero-order chi connectivity index (χ0) is 8.27. The van der Waals surface area contributed by atoms with Gasteiger partial charge in [-0.1, -0.05) is 0 Å². The van der Waals surface area contributed by atoms with E-state index in [1.165, 1.54) is 12.8 Å². The van der Waals surface area contributed by atoms with Crippen molar-refractivity contribution >= 4 is 5.97 Å². The second-order valence-electron chi connectivity index (χ2n) is 2.95. The minimum Gasteiger partial charge on any atom is -0.480 e. The molecule has 64 valence electrons. The van der Waals surface area contributed by atoms with Crippen LogP contribution in [-0.4, -0.2) is 41.7 Å². The molecule has 1 fully saturated rings. The van der Waals surface area contributed by atoms with Gasteiger partial charge < -0.3 is 15.7 Å². The van der Waals surface area contributed by atoms with Crippen LogP contribution in [0.4, 0.5) is 0 Å². The normalized spacial score (nSPS) is 21.9. The molecule has 1 aliphatic heterocycles. The van der Waals surface area contributed by atoms with Gasteiger partial charge in [-0.3, -0.25) is 4.79 Å². The molecule has 0 bridgehead atoms. The second-order valence-corrected chi connectivity index (χ2v) is 2.95. The van der Waals surface area contributed by atoms with Crippen LogP contribution in [0, 0.1) is 0 Å². The molecule has 0 radical (unpaired) electrons. The van der Waals surface area contributed by atoms with Crippen LogP contribution in [-0.2, 0) is 4.79 Å². The van der Waals surface area contributed by atoms with E-state index < -0.39 is 12.0 Å². The van der Waals surface area contributed by atoms with Crippen molar-refractivity contribution in [2.75, 3.05) is 19.6 Å². The quantitative estimate of drug-likeness (QED) is 0.580. The summed E-state index contributed by atoms with van der Waals surface area (Å²) in [4.78, 5) is 12.4. The van der Waals surface area contributed by atoms with Crippen molar-refractivity contribution < 1.29 is 9.90 Å². The van der Waals surface area contributed by atoms with Crippen molar-refractivity contribution in [2.45, 2.75) is 18.9 Å². The van der Waals surface area contributed by atoms with Gasteiger partial charge in [0.15, 0.2) is 0 Å². The molecule has 1 rings (SSSR count). The molecule has 0 unspecified atom stereocenters. The van der Waals surface area contributed by atoms with E-state index in [4.69, 9.17) is 10.8 Å². The Morgan fingerprint density at radius 3 is 2.55 bits per heavy atom. The molecule has 0 aromatic heterocycles. The summed E-state index contributed by atoms with van der Waals surface area (Å²) in [7, 11) is 0. The van der Waals surface area contributed by atoms with Gasteiger partial charge in [-0.25, -0.2) is 0 Å². The topological polar surface area (TPSA) is 66.6 Å². The van der Waals surface area contributed by atoms with Crippen LogP contribution in [0.5, 0.6) is 0 Å². The van der Waals surface area contributed by atoms with Gasteiger partial charge in [0.05, 0.1) is 0 Å². The van der Waals surface area contributed by atoms with Gasteiger partial charge in [0.2, 0.25) is 0 Å². The third kappa shape index (κ3) is 2.48. The lowest BCUT2D eigenvalue weighted by Crippen LogP contribution is -2.41. The van der Waals surface area contributed by atoms with E-state index >= 15 is 0 Å². The summed E-state index contributed by atoms with van der Waals surface area (Å²) in [6.07, 6.45) is 2.35. The Hall–Kier alpha value is -0.610. The van der Waals surface area contributed by atoms with Gasteiger partial charge in [-0.2, -0.15) is 0 Å². The third-order valence-corrected chi connectivity index (χ3v) is 1.97. The summed E-state index contributed by atoms with van der Waals surface area (Å²) in [5, 5.41) is 8.49. The highest BCUT2D eigenvalue weighted by Crippen LogP contribution is 2.06. The predicted molar refractivity (Wildman–Crippen MR) is 41.3 cm³/mol. The lowest BCUT2D eigenvalue weighted by molar-refractivity contribution is -0.138. The number of likely N-dealkylation sites (tertiary alicyclic amines) is 1. The first kappa shape index (κ1) is 8.49. The molecule has 0 aromatic carbocycles. The number of carboxylic acids is 1. The van der Waals surface area contributed by atoms with Crippen molar-refractivity contribution in [3.05, 3.63) is 0 Å². The molecule has 1 heterocycles. The number of carboxylic acid groups (broad SMARTS) is 1. The van der Waals surface area contributed by atoms with Gasteiger partial charge in [-0.15, -0.1) is 0 Å². The fraction of sp³-hybridized carbons (Fsp3) is 0.857. The smallest absolute Gasteiger partial charge is 0.321 e. The summed E-state index contributed by atoms with van der Waals surface area (Å²) < 4.78 is 0. The van der Waals surface area contributed by atoms with E-state index in [1.807, 2.05) is 0 Å². The molecule has 0 amide bonds. The first-order chi connectivity index (χ1) is 5.20. The van der Waals surface area contributed by atoms with Crippen LogP contribution in [0.15, 0.2) is 0 Å². The van der Waals surface area contributed by atoms with E-state index in [0.717, 1.165) is 13.1 Å². The average molecular weight is 158 g/mol. The SMILES string of the molecule is N[C@H](CN1CCCC1)C(=O)O. The van der Waals surface area contributed by atoms with Crippen molar-refractivity contribution in [1.29, 1.82) is 0 Å². The molecule has 0 saturated carbocycles. The van der Waals surface area contributed by atoms with E-state index in [9.17, 15) is 4.79 Å². The van der Waals surface area contributed by atoms with E-state index in [1.54, 1.807) is 0 Å². The van der Waals surface area contributed by atoms with Crippen LogP contribution < -0.4 is 5.73 Å². The van der Waals surface area contributed by atoms with Crippen LogP contribution in [0.1, 0.15) is 12.8 Å². The Morgan fingerprint density at radius 2 is 2.09 bits per heavy atom. The first-order valence-electron chi connectivity index (χ1n) is 3.91. The molecule has 1 atom stereocenters. The number of hydrogen-bond acceptors (Lipinski definition) is 3. The molecule has 1 saturated heterocycles. The van der Waals surface area contributed by atoms with Crippen LogP contribution >= 0.6 is 0 Å². The highest BCUT2D eigenvalue weighted by atomic mass is 16.4. The van der Waals surface area contributed by atoms with Gasteiger partial charge in [-0.05, 0) is 25.9 Å². The molecule has 11 heavy (non-hydrogen) atoms. The van der Waals surface area contributed by atoms with Gasteiger partial charge in [0, 0.05) is 6.54 Å². The fourth-order valence-electron chi connectivity index (χ4n) is 1.32. The zero-order valence-corrected chi connectivity index (χ0v) is 6.49. The molecule has 4 heteroatoms. The zero-order valence-electron chi connectivity index (χ0n) is 6.49. The lowest BCUT2D eigenvalue weighted by Gasteiger charge is -2.16. The second kappa shape index (κ2) is 3.69. The largest absolute Gasteiger partial charge is 0.480 e. The average Bonchev–Trinajstić information content (AvgIpc) is 2.39. The van der Waals surface area contributed by atoms with Crippen LogP contribution in [0.25, 0.3) is 0 Å². The number of aliphatic carboxylic acids is 1. The summed E-state index contributed by atoms with van der Waals surface area (Å²) in [6, 6.07) is -0.715. The van der Waals surface area contributed by atoms with Gasteiger partial charge >= 0.3 is 5.97 Å². The highest BCUT2D eigenvalue weighted by Gasteiger charge is 2.18. The van der Waals surface area contributed by atoms with Crippen LogP contribution in [0.3, 0.4) is 0 Å². The van der Waals surface area contributed by atoms with E-state index in [2.05, 4.69) is 4.90 Å². The molecule has 4 nitrogen and oxygen atoms in total. The van der Waals surface area contributed by atoms with Crippen LogP contribution in [0.2, 0.25) is 0 Å². The van der Waals surface area contributed by atoms with E-state index in [-0.39, 0.29) is 0 Å². The Balaban J connectivity index is 2.23. The molecular weight excluding hydrogens is 144 g/mol. The third-order valence-electron chi connectivity index (χ3n) is 1.97. The Labute approximate surface area is 66.0 Å². The maximum Gasteiger partial charge on any atom is 0.321 e. The fourth-order valence-corrected chi connectivity index (χ4v) is 1.32. The Bertz CT molecular complexity index is 143. The Morgan fingerprint density at radius 1 is 1.55 bits per heavy atom. The number of hydrogen-bond donors (Lipinski definition) is 2. The van der Waals surface area contributed by atoms with E-state index in [0.29, 0.717) is 6.54 Å². The number of nitrogens with zero attached hydrogens (tertiary/aromatic N) is 1. The van der Waals surface area contributed by atoms with Crippen molar-refractivity contribution in [1.82, 2.24) is 4.90 Å². The molecule has 0 aromatic rings. The van der Waals surface area contributed by atoms with Crippen molar-refractivity contribution in [2.24, 2.45) is 5.73 Å². The van der Waals surface area contributed by atoms with Gasteiger partial charge in [0.25, 0.3) is 0 Å². The maximum absolute atomic E-state index is 10.3. The van der Waals surface area contributed by atoms with Gasteiger partial charge in [0.1, 0.15) is 6.04 Å². The van der Waals surface area contributed by atoms with Crippen molar-refractivity contribution in [3.63, 3.8) is 0 Å². The first-order valence-corrected chi connectivity index (χ1v) is 3.91. The molecular formula is C7H14N2O2. The molecule has 0 spiro atoms. The number of rotatable bonds is 3. The predicted octanol–water partition coefficient (Wildman–Crippen LogP) is -0.506. The minimum absolute atomic E-state index is 0.495. The van der Waals surface area contributed by atoms with Crippen molar-refractivity contribution in [3.8, 4) is 0 Å². The molecule has 0 aliphatic carbocycles. The Kier molecular flexibility index (Phi) is 2.84. The molecule has 3 N–H and O–H groups in total. The standard InChI is InChI=1S/C7H14N2O2/c8-6(7(10)11)5-9-3-1-2-4-9/h6H,1-5,8H2,(H,10,11)/t6-/m1/s1. The number of nitrogens with two attached hydrogens (primary N) is 1. The summed E-state index contributed by atoms with van der Waals surface area (Å²) in [5.74, 6) is -0.906. The summed E-state index contributed by atoms with van der Waals surface area (Å²) in [6.45, 7) is 2.50. The monoisotopic (exact) mass is 158 g/mol. The highest BCUT2D eigenvalue weighted by molar-refractivity contribution is 5.73.